The quantitative estimate of drug-likeness (QED) is 0.812. The fraction of sp³-hybridized carbons (Fsp3) is 0.0769. The first-order valence-corrected chi connectivity index (χ1v) is 7.05. The van der Waals surface area contributed by atoms with Gasteiger partial charge >= 0.3 is 15.0 Å². The molecular weight excluding hydrogens is 229 g/mol. The Morgan fingerprint density at radius 2 is 2.06 bits per heavy atom. The molecule has 0 unspecified atom stereocenters. The van der Waals surface area contributed by atoms with E-state index < -0.39 is 15.0 Å². The van der Waals surface area contributed by atoms with Crippen LogP contribution in [-0.2, 0) is 3.79 Å². The van der Waals surface area contributed by atoms with E-state index in [1.165, 1.54) is 0 Å². The summed E-state index contributed by atoms with van der Waals surface area (Å²) in [5.74, 6) is 1.46. The molecule has 0 bridgehead atoms. The second-order valence-electron chi connectivity index (χ2n) is 3.58. The van der Waals surface area contributed by atoms with E-state index in [9.17, 15) is 0 Å². The van der Waals surface area contributed by atoms with Gasteiger partial charge in [0, 0.05) is 11.1 Å². The Labute approximate surface area is 106 Å². The molecule has 2 N–H and O–H groups in total. The van der Waals surface area contributed by atoms with Crippen LogP contribution < -0.4 is 8.51 Å². The van der Waals surface area contributed by atoms with E-state index in [0.29, 0.717) is 5.76 Å². The molecule has 0 fully saturated rings. The van der Waals surface area contributed by atoms with Crippen molar-refractivity contribution in [1.82, 2.24) is 0 Å². The summed E-state index contributed by atoms with van der Waals surface area (Å²) in [6.45, 7) is 5.72. The SMILES string of the molecule is C=CC1=C(/C=C\C)c2ccccc2[O][Al]([NH2])[O]1. The van der Waals surface area contributed by atoms with Crippen LogP contribution in [-0.4, -0.2) is 15.0 Å². The lowest BCUT2D eigenvalue weighted by atomic mass is 10.0. The zero-order chi connectivity index (χ0) is 12.3. The lowest BCUT2D eigenvalue weighted by Gasteiger charge is -2.08. The molecule has 4 heteroatoms. The number of hydrogen-bond acceptors (Lipinski definition) is 3. The first-order valence-electron chi connectivity index (χ1n) is 5.44. The second kappa shape index (κ2) is 5.24. The smallest absolute Gasteiger partial charge is 0.598 e. The molecular formula is C13H14AlNO2. The molecule has 3 nitrogen and oxygen atoms in total. The molecule has 1 aliphatic heterocycles. The number of para-hydroxylation sites is 1. The van der Waals surface area contributed by atoms with Gasteiger partial charge < -0.3 is 12.3 Å². The van der Waals surface area contributed by atoms with Crippen molar-refractivity contribution in [2.75, 3.05) is 0 Å². The van der Waals surface area contributed by atoms with Gasteiger partial charge in [-0.15, -0.1) is 0 Å². The molecule has 0 atom stereocenters. The van der Waals surface area contributed by atoms with E-state index in [1.807, 2.05) is 43.3 Å². The molecule has 0 radical (unpaired) electrons. The number of hydrogen-bond donors (Lipinski definition) is 1. The Kier molecular flexibility index (Phi) is 3.70. The van der Waals surface area contributed by atoms with E-state index in [2.05, 4.69) is 6.58 Å². The molecule has 86 valence electrons. The Balaban J connectivity index is 2.64. The molecule has 0 amide bonds. The maximum atomic E-state index is 5.86. The number of nitrogens with two attached hydrogens (primary N) is 1. The van der Waals surface area contributed by atoms with Crippen LogP contribution >= 0.6 is 0 Å². The Morgan fingerprint density at radius 3 is 2.76 bits per heavy atom. The van der Waals surface area contributed by atoms with Gasteiger partial charge in [-0.05, 0) is 19.1 Å². The topological polar surface area (TPSA) is 44.5 Å². The minimum Gasteiger partial charge on any atom is -0.598 e. The summed E-state index contributed by atoms with van der Waals surface area (Å²) in [4.78, 5) is 0. The van der Waals surface area contributed by atoms with Gasteiger partial charge in [0.15, 0.2) is 0 Å². The molecule has 1 heterocycles. The average Bonchev–Trinajstić information content (AvgIpc) is 2.47. The van der Waals surface area contributed by atoms with Crippen molar-refractivity contribution in [3.05, 3.63) is 60.4 Å². The molecule has 1 aliphatic rings. The molecule has 0 spiro atoms. The molecule has 17 heavy (non-hydrogen) atoms. The van der Waals surface area contributed by atoms with Crippen LogP contribution in [0.1, 0.15) is 12.5 Å². The Morgan fingerprint density at radius 1 is 1.29 bits per heavy atom. The van der Waals surface area contributed by atoms with Gasteiger partial charge in [0.2, 0.25) is 0 Å². The van der Waals surface area contributed by atoms with Gasteiger partial charge in [-0.2, -0.15) is 0 Å². The maximum absolute atomic E-state index is 5.86. The highest BCUT2D eigenvalue weighted by molar-refractivity contribution is 6.42. The lowest BCUT2D eigenvalue weighted by molar-refractivity contribution is 0.364. The van der Waals surface area contributed by atoms with E-state index in [4.69, 9.17) is 12.3 Å². The molecule has 1 aromatic rings. The normalized spacial score (nSPS) is 15.1. The third-order valence-corrected chi connectivity index (χ3v) is 3.42. The average molecular weight is 243 g/mol. The van der Waals surface area contributed by atoms with Crippen LogP contribution in [0.15, 0.2) is 54.8 Å². The first kappa shape index (κ1) is 12.0. The predicted octanol–water partition coefficient (Wildman–Crippen LogP) is 2.51. The first-order chi connectivity index (χ1) is 8.26. The summed E-state index contributed by atoms with van der Waals surface area (Å²) in [7, 11) is 0. The van der Waals surface area contributed by atoms with Crippen molar-refractivity contribution >= 4 is 20.6 Å². The standard InChI is InChI=1S/C13H14O2.Al.H2N/c1-3-7-10(12(14)4-2)11-8-5-6-9-13(11)15;;/h3-9,14-15H,2H2,1H3;;1H2/q;+3;-1/p-2/b7-3-,12-10?;;. The van der Waals surface area contributed by atoms with Crippen molar-refractivity contribution in [2.24, 2.45) is 4.72 Å². The van der Waals surface area contributed by atoms with Crippen molar-refractivity contribution < 1.29 is 7.58 Å². The predicted molar refractivity (Wildman–Crippen MR) is 70.0 cm³/mol. The van der Waals surface area contributed by atoms with Crippen molar-refractivity contribution in [3.63, 3.8) is 0 Å². The van der Waals surface area contributed by atoms with E-state index >= 15 is 0 Å². The van der Waals surface area contributed by atoms with Gasteiger partial charge in [-0.25, -0.2) is 0 Å². The summed E-state index contributed by atoms with van der Waals surface area (Å²) in [5, 5.41) is 0. The zero-order valence-corrected chi connectivity index (χ0v) is 10.9. The molecule has 0 aliphatic carbocycles. The minimum absolute atomic E-state index is 0.687. The summed E-state index contributed by atoms with van der Waals surface area (Å²) in [6.07, 6.45) is 5.61. The van der Waals surface area contributed by atoms with Crippen molar-refractivity contribution in [1.29, 1.82) is 0 Å². The van der Waals surface area contributed by atoms with Gasteiger partial charge in [0.1, 0.15) is 0 Å². The highest BCUT2D eigenvalue weighted by atomic mass is 27.2. The van der Waals surface area contributed by atoms with Crippen LogP contribution in [0.4, 0.5) is 0 Å². The van der Waals surface area contributed by atoms with Crippen LogP contribution in [0.5, 0.6) is 5.75 Å². The number of benzene rings is 1. The van der Waals surface area contributed by atoms with Crippen LogP contribution in [0.2, 0.25) is 0 Å². The third-order valence-electron chi connectivity index (χ3n) is 2.45. The maximum Gasteiger partial charge on any atom is 0.986 e. The fourth-order valence-corrected chi connectivity index (χ4v) is 2.74. The highest BCUT2D eigenvalue weighted by Gasteiger charge is 2.33. The minimum atomic E-state index is -2.18. The highest BCUT2D eigenvalue weighted by Crippen LogP contribution is 2.32. The van der Waals surface area contributed by atoms with Crippen LogP contribution in [0.25, 0.3) is 5.57 Å². The summed E-state index contributed by atoms with van der Waals surface area (Å²) >= 11 is -2.18. The number of rotatable bonds is 2. The van der Waals surface area contributed by atoms with Gasteiger partial charge in [-0.1, -0.05) is 36.9 Å². The Hall–Kier alpha value is -1.47. The summed E-state index contributed by atoms with van der Waals surface area (Å²) < 4.78 is 17.1. The van der Waals surface area contributed by atoms with Gasteiger partial charge in [0.25, 0.3) is 0 Å². The third kappa shape index (κ3) is 2.45. The largest absolute Gasteiger partial charge is 0.986 e. The Bertz CT molecular complexity index is 494. The molecule has 2 rings (SSSR count). The molecule has 1 aromatic carbocycles. The van der Waals surface area contributed by atoms with Crippen molar-refractivity contribution in [3.8, 4) is 5.75 Å². The van der Waals surface area contributed by atoms with E-state index in [1.54, 1.807) is 6.08 Å². The van der Waals surface area contributed by atoms with Gasteiger partial charge in [-0.3, -0.25) is 0 Å². The summed E-state index contributed by atoms with van der Waals surface area (Å²) in [6, 6.07) is 7.78. The number of allylic oxidation sites excluding steroid dienone is 4. The fourth-order valence-electron chi connectivity index (χ4n) is 1.76. The molecule has 0 saturated carbocycles. The summed E-state index contributed by atoms with van der Waals surface area (Å²) in [5.41, 5.74) is 1.94. The van der Waals surface area contributed by atoms with E-state index in [0.717, 1.165) is 16.9 Å². The molecule has 0 saturated heterocycles. The van der Waals surface area contributed by atoms with Crippen molar-refractivity contribution in [2.45, 2.75) is 6.92 Å². The zero-order valence-electron chi connectivity index (χ0n) is 9.72. The lowest BCUT2D eigenvalue weighted by Crippen LogP contribution is -2.35. The van der Waals surface area contributed by atoms with E-state index in [-0.39, 0.29) is 0 Å². The molecule has 0 aromatic heterocycles. The second-order valence-corrected chi connectivity index (χ2v) is 4.79. The van der Waals surface area contributed by atoms with Crippen LogP contribution in [0.3, 0.4) is 0 Å². The van der Waals surface area contributed by atoms with Gasteiger partial charge in [0.05, 0.1) is 11.5 Å². The number of fused-ring (bicyclic) bond motifs is 1. The monoisotopic (exact) mass is 243 g/mol. The van der Waals surface area contributed by atoms with Crippen LogP contribution in [0, 0.1) is 0 Å².